The lowest BCUT2D eigenvalue weighted by molar-refractivity contribution is 0.275. The number of hydrogen-bond acceptors (Lipinski definition) is 6. The van der Waals surface area contributed by atoms with Crippen LogP contribution in [0.1, 0.15) is 22.8 Å². The molecule has 3 heterocycles. The van der Waals surface area contributed by atoms with Crippen LogP contribution >= 0.6 is 0 Å². The fourth-order valence-electron chi connectivity index (χ4n) is 2.55. The van der Waals surface area contributed by atoms with Gasteiger partial charge in [-0.1, -0.05) is 10.3 Å². The third-order valence-electron chi connectivity index (χ3n) is 3.89. The fraction of sp³-hybridized carbons (Fsp3) is 0.353. The van der Waals surface area contributed by atoms with Gasteiger partial charge < -0.3 is 9.05 Å². The first kappa shape index (κ1) is 15.4. The van der Waals surface area contributed by atoms with Crippen molar-refractivity contribution >= 4 is 0 Å². The van der Waals surface area contributed by atoms with Crippen LogP contribution in [0.2, 0.25) is 0 Å². The molecule has 0 fully saturated rings. The molecule has 0 aliphatic rings. The SMILES string of the molecule is Cc1noc(C)c1CCN(C)Cc1cc(-c2ccncc2)no1. The molecule has 120 valence electrons. The average Bonchev–Trinajstić information content (AvgIpc) is 3.14. The molecule has 23 heavy (non-hydrogen) atoms. The monoisotopic (exact) mass is 312 g/mol. The molecule has 0 aliphatic heterocycles. The topological polar surface area (TPSA) is 68.2 Å². The Kier molecular flexibility index (Phi) is 4.52. The normalized spacial score (nSPS) is 11.3. The maximum atomic E-state index is 5.43. The first-order valence-corrected chi connectivity index (χ1v) is 7.60. The number of pyridine rings is 1. The van der Waals surface area contributed by atoms with Gasteiger partial charge in [-0.3, -0.25) is 9.88 Å². The molecule has 0 aliphatic carbocycles. The Morgan fingerprint density at radius 2 is 1.87 bits per heavy atom. The van der Waals surface area contributed by atoms with Gasteiger partial charge in [-0.2, -0.15) is 0 Å². The smallest absolute Gasteiger partial charge is 0.151 e. The molecule has 0 amide bonds. The van der Waals surface area contributed by atoms with E-state index in [0.29, 0.717) is 6.54 Å². The average molecular weight is 312 g/mol. The molecule has 3 aromatic heterocycles. The highest BCUT2D eigenvalue weighted by Gasteiger charge is 2.12. The summed E-state index contributed by atoms with van der Waals surface area (Å²) in [7, 11) is 2.06. The first-order chi connectivity index (χ1) is 11.1. The predicted molar refractivity (Wildman–Crippen MR) is 85.7 cm³/mol. The lowest BCUT2D eigenvalue weighted by Crippen LogP contribution is -2.20. The molecule has 0 unspecified atom stereocenters. The third kappa shape index (κ3) is 3.65. The molecule has 0 N–H and O–H groups in total. The Labute approximate surface area is 135 Å². The van der Waals surface area contributed by atoms with E-state index >= 15 is 0 Å². The molecule has 0 atom stereocenters. The number of hydrogen-bond donors (Lipinski definition) is 0. The summed E-state index contributed by atoms with van der Waals surface area (Å²) in [4.78, 5) is 6.21. The summed E-state index contributed by atoms with van der Waals surface area (Å²) in [5, 5.41) is 8.11. The molecular weight excluding hydrogens is 292 g/mol. The Bertz CT molecular complexity index is 745. The fourth-order valence-corrected chi connectivity index (χ4v) is 2.55. The van der Waals surface area contributed by atoms with Gasteiger partial charge in [-0.05, 0) is 39.4 Å². The molecule has 6 heteroatoms. The molecule has 0 aromatic carbocycles. The second-order valence-corrected chi connectivity index (χ2v) is 5.70. The molecule has 0 radical (unpaired) electrons. The highest BCUT2D eigenvalue weighted by molar-refractivity contribution is 5.57. The molecule has 0 saturated heterocycles. The molecule has 0 spiro atoms. The van der Waals surface area contributed by atoms with Gasteiger partial charge >= 0.3 is 0 Å². The highest BCUT2D eigenvalue weighted by atomic mass is 16.5. The van der Waals surface area contributed by atoms with E-state index in [1.54, 1.807) is 12.4 Å². The summed E-state index contributed by atoms with van der Waals surface area (Å²) in [6.07, 6.45) is 4.40. The zero-order chi connectivity index (χ0) is 16.2. The van der Waals surface area contributed by atoms with Gasteiger partial charge in [0, 0.05) is 36.1 Å². The number of likely N-dealkylation sites (N-methyl/N-ethyl adjacent to an activating group) is 1. The van der Waals surface area contributed by atoms with E-state index in [0.717, 1.165) is 41.4 Å². The predicted octanol–water partition coefficient (Wildman–Crippen LogP) is 3.02. The minimum absolute atomic E-state index is 0.710. The zero-order valence-corrected chi connectivity index (χ0v) is 13.6. The summed E-state index contributed by atoms with van der Waals surface area (Å²) < 4.78 is 10.6. The largest absolute Gasteiger partial charge is 0.361 e. The Morgan fingerprint density at radius 3 is 2.57 bits per heavy atom. The quantitative estimate of drug-likeness (QED) is 0.697. The summed E-state index contributed by atoms with van der Waals surface area (Å²) in [6.45, 7) is 5.53. The molecule has 0 saturated carbocycles. The van der Waals surface area contributed by atoms with E-state index in [1.807, 2.05) is 32.0 Å². The summed E-state index contributed by atoms with van der Waals surface area (Å²) in [5.41, 5.74) is 4.00. The second kappa shape index (κ2) is 6.75. The van der Waals surface area contributed by atoms with Crippen LogP contribution < -0.4 is 0 Å². The zero-order valence-electron chi connectivity index (χ0n) is 13.6. The maximum Gasteiger partial charge on any atom is 0.151 e. The van der Waals surface area contributed by atoms with Gasteiger partial charge in [-0.15, -0.1) is 0 Å². The van der Waals surface area contributed by atoms with E-state index in [-0.39, 0.29) is 0 Å². The van der Waals surface area contributed by atoms with Crippen molar-refractivity contribution < 1.29 is 9.05 Å². The number of aryl methyl sites for hydroxylation is 2. The van der Waals surface area contributed by atoms with Gasteiger partial charge in [0.05, 0.1) is 12.2 Å². The van der Waals surface area contributed by atoms with Gasteiger partial charge in [0.2, 0.25) is 0 Å². The van der Waals surface area contributed by atoms with Crippen molar-refractivity contribution in [2.75, 3.05) is 13.6 Å². The van der Waals surface area contributed by atoms with Crippen LogP contribution in [0, 0.1) is 13.8 Å². The van der Waals surface area contributed by atoms with Crippen LogP contribution in [0.15, 0.2) is 39.6 Å². The van der Waals surface area contributed by atoms with Gasteiger partial charge in [0.25, 0.3) is 0 Å². The van der Waals surface area contributed by atoms with Crippen molar-refractivity contribution in [1.29, 1.82) is 0 Å². The van der Waals surface area contributed by atoms with E-state index in [9.17, 15) is 0 Å². The summed E-state index contributed by atoms with van der Waals surface area (Å²) >= 11 is 0. The van der Waals surface area contributed by atoms with Crippen LogP contribution in [0.3, 0.4) is 0 Å². The maximum absolute atomic E-state index is 5.43. The molecule has 3 aromatic rings. The van der Waals surface area contributed by atoms with Crippen LogP contribution in [0.5, 0.6) is 0 Å². The number of rotatable bonds is 6. The summed E-state index contributed by atoms with van der Waals surface area (Å²) in [6, 6.07) is 5.81. The van der Waals surface area contributed by atoms with Gasteiger partial charge in [0.15, 0.2) is 5.76 Å². The van der Waals surface area contributed by atoms with E-state index in [1.165, 1.54) is 5.56 Å². The highest BCUT2D eigenvalue weighted by Crippen LogP contribution is 2.19. The van der Waals surface area contributed by atoms with Crippen molar-refractivity contribution in [3.63, 3.8) is 0 Å². The van der Waals surface area contributed by atoms with E-state index in [2.05, 4.69) is 27.2 Å². The van der Waals surface area contributed by atoms with Crippen molar-refractivity contribution in [3.05, 3.63) is 53.4 Å². The molecule has 6 nitrogen and oxygen atoms in total. The van der Waals surface area contributed by atoms with E-state index < -0.39 is 0 Å². The minimum atomic E-state index is 0.710. The van der Waals surface area contributed by atoms with E-state index in [4.69, 9.17) is 9.05 Å². The minimum Gasteiger partial charge on any atom is -0.361 e. The molecule has 0 bridgehead atoms. The number of nitrogens with zero attached hydrogens (tertiary/aromatic N) is 4. The standard InChI is InChI=1S/C17H20N4O2/c1-12-16(13(2)22-19-12)6-9-21(3)11-15-10-17(20-23-15)14-4-7-18-8-5-14/h4-5,7-8,10H,6,9,11H2,1-3H3. The molecule has 3 rings (SSSR count). The Morgan fingerprint density at radius 1 is 1.09 bits per heavy atom. The van der Waals surface area contributed by atoms with Gasteiger partial charge in [-0.25, -0.2) is 0 Å². The lowest BCUT2D eigenvalue weighted by Gasteiger charge is -2.14. The van der Waals surface area contributed by atoms with Crippen LogP contribution in [0.25, 0.3) is 11.3 Å². The molecular formula is C17H20N4O2. The van der Waals surface area contributed by atoms with Crippen LogP contribution in [-0.2, 0) is 13.0 Å². The first-order valence-electron chi connectivity index (χ1n) is 7.60. The third-order valence-corrected chi connectivity index (χ3v) is 3.89. The van der Waals surface area contributed by atoms with Crippen molar-refractivity contribution in [1.82, 2.24) is 20.2 Å². The summed E-state index contributed by atoms with van der Waals surface area (Å²) in [5.74, 6) is 1.74. The lowest BCUT2D eigenvalue weighted by atomic mass is 10.1. The van der Waals surface area contributed by atoms with Crippen molar-refractivity contribution in [2.24, 2.45) is 0 Å². The Hall–Kier alpha value is -2.47. The van der Waals surface area contributed by atoms with Crippen LogP contribution in [-0.4, -0.2) is 33.8 Å². The van der Waals surface area contributed by atoms with Crippen molar-refractivity contribution in [3.8, 4) is 11.3 Å². The van der Waals surface area contributed by atoms with Gasteiger partial charge in [0.1, 0.15) is 11.5 Å². The van der Waals surface area contributed by atoms with Crippen molar-refractivity contribution in [2.45, 2.75) is 26.8 Å². The van der Waals surface area contributed by atoms with Crippen LogP contribution in [0.4, 0.5) is 0 Å². The second-order valence-electron chi connectivity index (χ2n) is 5.70. The number of aromatic nitrogens is 3. The Balaban J connectivity index is 1.58.